The molecule has 4 amide bonds. The molecule has 0 fully saturated rings. The second-order valence-electron chi connectivity index (χ2n) is 6.62. The van der Waals surface area contributed by atoms with Crippen molar-refractivity contribution >= 4 is 43.5 Å². The molecule has 1 aliphatic rings. The van der Waals surface area contributed by atoms with Gasteiger partial charge in [0.05, 0.1) is 21.2 Å². The maximum Gasteiger partial charge on any atom is 0.316 e. The first-order valence-electron chi connectivity index (χ1n) is 9.35. The maximum absolute atomic E-state index is 12.7. The highest BCUT2D eigenvalue weighted by Gasteiger charge is 2.25. The van der Waals surface area contributed by atoms with Crippen molar-refractivity contribution in [3.63, 3.8) is 0 Å². The zero-order valence-electron chi connectivity index (χ0n) is 17.2. The highest BCUT2D eigenvalue weighted by Crippen LogP contribution is 2.19. The van der Waals surface area contributed by atoms with E-state index in [0.717, 1.165) is 12.2 Å². The number of rotatable bonds is 6. The molecular formula is C20H18N6O6S2. The van der Waals surface area contributed by atoms with Crippen LogP contribution in [0.1, 0.15) is 0 Å². The molecule has 176 valence electrons. The summed E-state index contributed by atoms with van der Waals surface area (Å²) in [5.41, 5.74) is 9.09. The smallest absolute Gasteiger partial charge is 0.316 e. The third-order valence-corrected chi connectivity index (χ3v) is 6.76. The Bertz CT molecular complexity index is 1350. The molecule has 0 unspecified atom stereocenters. The van der Waals surface area contributed by atoms with Gasteiger partial charge in [-0.15, -0.1) is 0 Å². The van der Waals surface area contributed by atoms with Crippen LogP contribution < -0.4 is 22.1 Å². The lowest BCUT2D eigenvalue weighted by Crippen LogP contribution is -2.38. The number of sulfonamides is 2. The van der Waals surface area contributed by atoms with Crippen LogP contribution in [0.4, 0.5) is 9.59 Å². The SMILES string of the molecule is NC(=O)NC1=CC(=NS(=O)(=O)c2ccccc2)C(NC(N)=O)=CC1=NS(=O)(=O)c1ccccc1. The molecule has 6 N–H and O–H groups in total. The predicted molar refractivity (Wildman–Crippen MR) is 124 cm³/mol. The Morgan fingerprint density at radius 3 is 1.24 bits per heavy atom. The average Bonchev–Trinajstić information content (AvgIpc) is 2.77. The summed E-state index contributed by atoms with van der Waals surface area (Å²) in [6.45, 7) is 0. The number of urea groups is 2. The Labute approximate surface area is 194 Å². The van der Waals surface area contributed by atoms with Crippen molar-refractivity contribution in [1.82, 2.24) is 10.6 Å². The minimum absolute atomic E-state index is 0.148. The average molecular weight is 503 g/mol. The number of carbonyl (C=O) groups excluding carboxylic acids is 2. The van der Waals surface area contributed by atoms with Crippen LogP contribution in [0.25, 0.3) is 0 Å². The van der Waals surface area contributed by atoms with Gasteiger partial charge in [0.15, 0.2) is 0 Å². The highest BCUT2D eigenvalue weighted by atomic mass is 32.2. The molecule has 0 heterocycles. The Morgan fingerprint density at radius 2 is 0.941 bits per heavy atom. The van der Waals surface area contributed by atoms with Crippen LogP contribution in [0.15, 0.2) is 103 Å². The topological polar surface area (TPSA) is 203 Å². The van der Waals surface area contributed by atoms with Crippen molar-refractivity contribution < 1.29 is 26.4 Å². The summed E-state index contributed by atoms with van der Waals surface area (Å²) in [6.07, 6.45) is 1.99. The normalized spacial score (nSPS) is 16.5. The summed E-state index contributed by atoms with van der Waals surface area (Å²) in [5.74, 6) is 0. The third kappa shape index (κ3) is 5.93. The largest absolute Gasteiger partial charge is 0.351 e. The summed E-state index contributed by atoms with van der Waals surface area (Å²) >= 11 is 0. The van der Waals surface area contributed by atoms with Gasteiger partial charge in [0, 0.05) is 0 Å². The van der Waals surface area contributed by atoms with Gasteiger partial charge >= 0.3 is 12.1 Å². The molecule has 0 saturated carbocycles. The Balaban J connectivity index is 2.19. The zero-order valence-corrected chi connectivity index (χ0v) is 18.9. The van der Waals surface area contributed by atoms with E-state index in [2.05, 4.69) is 19.4 Å². The Hall–Kier alpha value is -4.30. The fourth-order valence-electron chi connectivity index (χ4n) is 2.74. The Kier molecular flexibility index (Phi) is 6.93. The third-order valence-electron chi connectivity index (χ3n) is 4.15. The van der Waals surface area contributed by atoms with E-state index < -0.39 is 32.1 Å². The minimum atomic E-state index is -4.27. The van der Waals surface area contributed by atoms with Crippen LogP contribution in [0.5, 0.6) is 0 Å². The molecular weight excluding hydrogens is 484 g/mol. The van der Waals surface area contributed by atoms with Gasteiger partial charge in [-0.1, -0.05) is 36.4 Å². The van der Waals surface area contributed by atoms with Crippen LogP contribution in [0.3, 0.4) is 0 Å². The van der Waals surface area contributed by atoms with Crippen LogP contribution >= 0.6 is 0 Å². The van der Waals surface area contributed by atoms with E-state index in [1.165, 1.54) is 48.5 Å². The van der Waals surface area contributed by atoms with Crippen LogP contribution in [0, 0.1) is 0 Å². The summed E-state index contributed by atoms with van der Waals surface area (Å²) < 4.78 is 58.3. The number of carbonyl (C=O) groups is 2. The fraction of sp³-hybridized carbons (Fsp3) is 0. The van der Waals surface area contributed by atoms with Gasteiger partial charge < -0.3 is 22.1 Å². The molecule has 2 aromatic rings. The molecule has 1 aliphatic carbocycles. The van der Waals surface area contributed by atoms with Gasteiger partial charge in [0.2, 0.25) is 0 Å². The van der Waals surface area contributed by atoms with E-state index in [1.54, 1.807) is 12.1 Å². The van der Waals surface area contributed by atoms with E-state index >= 15 is 0 Å². The van der Waals surface area contributed by atoms with Crippen molar-refractivity contribution in [2.45, 2.75) is 9.79 Å². The van der Waals surface area contributed by atoms with Gasteiger partial charge in [0.25, 0.3) is 20.0 Å². The van der Waals surface area contributed by atoms with Crippen molar-refractivity contribution in [3.05, 3.63) is 84.2 Å². The van der Waals surface area contributed by atoms with E-state index in [1.807, 2.05) is 0 Å². The summed E-state index contributed by atoms with van der Waals surface area (Å²) in [7, 11) is -8.54. The van der Waals surface area contributed by atoms with E-state index in [0.29, 0.717) is 0 Å². The van der Waals surface area contributed by atoms with Crippen LogP contribution in [-0.4, -0.2) is 40.3 Å². The van der Waals surface area contributed by atoms with Gasteiger partial charge in [-0.25, -0.2) is 9.59 Å². The van der Waals surface area contributed by atoms with Crippen molar-refractivity contribution in [3.8, 4) is 0 Å². The molecule has 2 aromatic carbocycles. The van der Waals surface area contributed by atoms with Gasteiger partial charge in [-0.3, -0.25) is 0 Å². The van der Waals surface area contributed by atoms with Crippen LogP contribution in [-0.2, 0) is 20.0 Å². The second-order valence-corrected chi connectivity index (χ2v) is 9.83. The molecule has 0 radical (unpaired) electrons. The molecule has 14 heteroatoms. The molecule has 3 rings (SSSR count). The predicted octanol–water partition coefficient (Wildman–Crippen LogP) is 0.764. The first-order chi connectivity index (χ1) is 16.0. The number of nitrogens with one attached hydrogen (secondary N) is 2. The van der Waals surface area contributed by atoms with Crippen molar-refractivity contribution in [1.29, 1.82) is 0 Å². The number of benzene rings is 2. The fourth-order valence-corrected chi connectivity index (χ4v) is 4.78. The summed E-state index contributed by atoms with van der Waals surface area (Å²) in [5, 5.41) is 4.35. The van der Waals surface area contributed by atoms with Crippen LogP contribution in [0.2, 0.25) is 0 Å². The molecule has 0 aliphatic heterocycles. The second kappa shape index (κ2) is 9.68. The van der Waals surface area contributed by atoms with Gasteiger partial charge in [-0.05, 0) is 36.4 Å². The minimum Gasteiger partial charge on any atom is -0.351 e. The number of hydrogen-bond donors (Lipinski definition) is 4. The molecule has 0 atom stereocenters. The van der Waals surface area contributed by atoms with E-state index in [9.17, 15) is 26.4 Å². The van der Waals surface area contributed by atoms with E-state index in [-0.39, 0.29) is 32.6 Å². The number of hydrogen-bond acceptors (Lipinski definition) is 6. The summed E-state index contributed by atoms with van der Waals surface area (Å²) in [6, 6.07) is 12.2. The zero-order chi connectivity index (χ0) is 24.9. The monoisotopic (exact) mass is 502 g/mol. The molecule has 0 aromatic heterocycles. The number of allylic oxidation sites excluding steroid dienone is 2. The molecule has 0 saturated heterocycles. The number of nitrogens with two attached hydrogens (primary N) is 2. The molecule has 0 bridgehead atoms. The molecule has 12 nitrogen and oxygen atoms in total. The van der Waals surface area contributed by atoms with Gasteiger partial charge in [-0.2, -0.15) is 25.6 Å². The number of nitrogens with zero attached hydrogens (tertiary/aromatic N) is 2. The van der Waals surface area contributed by atoms with Crippen molar-refractivity contribution in [2.24, 2.45) is 20.3 Å². The lowest BCUT2D eigenvalue weighted by Gasteiger charge is -2.18. The van der Waals surface area contributed by atoms with Crippen molar-refractivity contribution in [2.75, 3.05) is 0 Å². The maximum atomic E-state index is 12.7. The molecule has 0 spiro atoms. The number of amides is 4. The standard InChI is InChI=1S/C20H18N6O6S2/c21-19(27)23-15-12-18(26-34(31,32)14-9-5-2-6-10-14)16(24-20(22)28)11-17(15)25-33(29,30)13-7-3-1-4-8-13/h1-12H,(H3,21,23,27)(H3,22,24,28). The summed E-state index contributed by atoms with van der Waals surface area (Å²) in [4.78, 5) is 22.7. The Morgan fingerprint density at radius 1 is 0.618 bits per heavy atom. The first kappa shape index (κ1) is 24.3. The van der Waals surface area contributed by atoms with Gasteiger partial charge in [0.1, 0.15) is 11.4 Å². The lowest BCUT2D eigenvalue weighted by atomic mass is 10.1. The lowest BCUT2D eigenvalue weighted by molar-refractivity contribution is 0.250. The first-order valence-corrected chi connectivity index (χ1v) is 12.2. The quantitative estimate of drug-likeness (QED) is 0.420. The highest BCUT2D eigenvalue weighted by molar-refractivity contribution is 7.90. The number of primary amides is 2. The van der Waals surface area contributed by atoms with E-state index in [4.69, 9.17) is 11.5 Å². The molecule has 34 heavy (non-hydrogen) atoms.